The second-order valence-electron chi connectivity index (χ2n) is 5.24. The molecule has 2 unspecified atom stereocenters. The van der Waals surface area contributed by atoms with E-state index in [1.54, 1.807) is 0 Å². The molecule has 0 spiro atoms. The number of hydrogen-bond donors (Lipinski definition) is 1. The van der Waals surface area contributed by atoms with Crippen LogP contribution in [0.15, 0.2) is 24.3 Å². The summed E-state index contributed by atoms with van der Waals surface area (Å²) in [4.78, 5) is 0. The van der Waals surface area contributed by atoms with Crippen LogP contribution in [0.4, 0.5) is 0 Å². The lowest BCUT2D eigenvalue weighted by Crippen LogP contribution is -2.27. The molecule has 0 saturated carbocycles. The van der Waals surface area contributed by atoms with Crippen LogP contribution in [-0.4, -0.2) is 12.6 Å². The maximum Gasteiger partial charge on any atom is 0.0972 e. The van der Waals surface area contributed by atoms with Crippen LogP contribution >= 0.6 is 11.6 Å². The molecular formula is C15H24ClNO. The minimum atomic E-state index is -0.0468. The molecule has 0 heterocycles. The Bertz CT molecular complexity index is 335. The molecule has 2 N–H and O–H groups in total. The minimum Gasteiger partial charge on any atom is -0.372 e. The molecule has 1 aromatic rings. The maximum absolute atomic E-state index is 5.99. The van der Waals surface area contributed by atoms with Crippen molar-refractivity contribution in [3.63, 3.8) is 0 Å². The van der Waals surface area contributed by atoms with Crippen molar-refractivity contribution in [2.75, 3.05) is 6.61 Å². The predicted molar refractivity (Wildman–Crippen MR) is 77.9 cm³/mol. The van der Waals surface area contributed by atoms with E-state index in [0.29, 0.717) is 0 Å². The van der Waals surface area contributed by atoms with E-state index in [4.69, 9.17) is 22.1 Å². The highest BCUT2D eigenvalue weighted by atomic mass is 35.5. The third-order valence-electron chi connectivity index (χ3n) is 2.90. The van der Waals surface area contributed by atoms with Crippen molar-refractivity contribution in [3.8, 4) is 0 Å². The molecule has 0 saturated heterocycles. The first-order valence-corrected chi connectivity index (χ1v) is 7.01. The summed E-state index contributed by atoms with van der Waals surface area (Å²) < 4.78 is 5.91. The molecular weight excluding hydrogens is 246 g/mol. The van der Waals surface area contributed by atoms with Crippen molar-refractivity contribution >= 4 is 11.6 Å². The van der Waals surface area contributed by atoms with Gasteiger partial charge in [-0.1, -0.05) is 37.6 Å². The Morgan fingerprint density at radius 2 is 1.78 bits per heavy atom. The van der Waals surface area contributed by atoms with Crippen LogP contribution in [0.25, 0.3) is 0 Å². The molecule has 0 bridgehead atoms. The average molecular weight is 270 g/mol. The van der Waals surface area contributed by atoms with Gasteiger partial charge in [0.05, 0.1) is 6.10 Å². The van der Waals surface area contributed by atoms with Crippen LogP contribution in [0.3, 0.4) is 0 Å². The molecule has 2 nitrogen and oxygen atoms in total. The number of benzene rings is 1. The number of hydrogen-bond acceptors (Lipinski definition) is 2. The number of ether oxygens (including phenoxy) is 1. The second kappa shape index (κ2) is 7.78. The summed E-state index contributed by atoms with van der Waals surface area (Å²) in [5.74, 6) is 0.720. The third kappa shape index (κ3) is 5.38. The van der Waals surface area contributed by atoms with Gasteiger partial charge in [-0.25, -0.2) is 0 Å². The van der Waals surface area contributed by atoms with E-state index in [9.17, 15) is 0 Å². The normalized spacial score (nSPS) is 14.8. The van der Waals surface area contributed by atoms with Gasteiger partial charge in [-0.2, -0.15) is 0 Å². The highest BCUT2D eigenvalue weighted by Crippen LogP contribution is 2.22. The van der Waals surface area contributed by atoms with Gasteiger partial charge in [-0.15, -0.1) is 0 Å². The zero-order chi connectivity index (χ0) is 13.5. The summed E-state index contributed by atoms with van der Waals surface area (Å²) in [6.07, 6.45) is 2.22. The van der Waals surface area contributed by atoms with Crippen LogP contribution in [0.2, 0.25) is 5.02 Å². The Labute approximate surface area is 115 Å². The van der Waals surface area contributed by atoms with E-state index in [-0.39, 0.29) is 12.1 Å². The van der Waals surface area contributed by atoms with Crippen molar-refractivity contribution < 1.29 is 4.74 Å². The molecule has 0 aliphatic carbocycles. The second-order valence-corrected chi connectivity index (χ2v) is 5.67. The molecule has 0 aromatic heterocycles. The lowest BCUT2D eigenvalue weighted by molar-refractivity contribution is 0.0348. The molecule has 1 rings (SSSR count). The van der Waals surface area contributed by atoms with E-state index in [1.165, 1.54) is 6.42 Å². The van der Waals surface area contributed by atoms with Gasteiger partial charge in [0.1, 0.15) is 0 Å². The zero-order valence-electron chi connectivity index (χ0n) is 11.5. The van der Waals surface area contributed by atoms with Gasteiger partial charge in [-0.05, 0) is 43.4 Å². The molecule has 0 aliphatic heterocycles. The molecule has 2 atom stereocenters. The fourth-order valence-corrected chi connectivity index (χ4v) is 2.03. The van der Waals surface area contributed by atoms with Crippen LogP contribution in [0, 0.1) is 5.92 Å². The first-order valence-electron chi connectivity index (χ1n) is 6.63. The predicted octanol–water partition coefficient (Wildman–Crippen LogP) is 4.18. The maximum atomic E-state index is 5.99. The number of halogens is 1. The highest BCUT2D eigenvalue weighted by molar-refractivity contribution is 6.30. The Balaban J connectivity index is 2.52. The van der Waals surface area contributed by atoms with Crippen LogP contribution in [-0.2, 0) is 4.74 Å². The van der Waals surface area contributed by atoms with E-state index < -0.39 is 0 Å². The number of nitrogens with two attached hydrogens (primary N) is 1. The van der Waals surface area contributed by atoms with Gasteiger partial charge in [0.2, 0.25) is 0 Å². The monoisotopic (exact) mass is 269 g/mol. The highest BCUT2D eigenvalue weighted by Gasteiger charge is 2.16. The smallest absolute Gasteiger partial charge is 0.0972 e. The van der Waals surface area contributed by atoms with Crippen molar-refractivity contribution in [1.29, 1.82) is 0 Å². The lowest BCUT2D eigenvalue weighted by Gasteiger charge is -2.22. The largest absolute Gasteiger partial charge is 0.372 e. The van der Waals surface area contributed by atoms with Gasteiger partial charge in [0, 0.05) is 17.7 Å². The summed E-state index contributed by atoms with van der Waals surface area (Å²) >= 11 is 5.89. The van der Waals surface area contributed by atoms with Crippen molar-refractivity contribution in [2.45, 2.75) is 45.8 Å². The lowest BCUT2D eigenvalue weighted by atomic mass is 10.0. The Morgan fingerprint density at radius 1 is 1.17 bits per heavy atom. The summed E-state index contributed by atoms with van der Waals surface area (Å²) in [5, 5.41) is 0.738. The van der Waals surface area contributed by atoms with Gasteiger partial charge >= 0.3 is 0 Å². The minimum absolute atomic E-state index is 0.0229. The summed E-state index contributed by atoms with van der Waals surface area (Å²) in [5.41, 5.74) is 7.09. The standard InChI is InChI=1S/C15H24ClNO/c1-11(2)5-4-10-18-15(12(3)17)13-6-8-14(16)9-7-13/h6-9,11-12,15H,4-5,10,17H2,1-3H3. The van der Waals surface area contributed by atoms with Crippen molar-refractivity contribution in [2.24, 2.45) is 11.7 Å². The molecule has 1 aromatic carbocycles. The van der Waals surface area contributed by atoms with Crippen LogP contribution in [0.5, 0.6) is 0 Å². The quantitative estimate of drug-likeness (QED) is 0.754. The molecule has 18 heavy (non-hydrogen) atoms. The SMILES string of the molecule is CC(C)CCCOC(c1ccc(Cl)cc1)C(C)N. The van der Waals surface area contributed by atoms with E-state index in [1.807, 2.05) is 31.2 Å². The average Bonchev–Trinajstić information content (AvgIpc) is 2.30. The summed E-state index contributed by atoms with van der Waals surface area (Å²) in [7, 11) is 0. The van der Waals surface area contributed by atoms with Gasteiger partial charge in [0.25, 0.3) is 0 Å². The fourth-order valence-electron chi connectivity index (χ4n) is 1.91. The topological polar surface area (TPSA) is 35.2 Å². The van der Waals surface area contributed by atoms with E-state index in [2.05, 4.69) is 13.8 Å². The van der Waals surface area contributed by atoms with Gasteiger partial charge in [0.15, 0.2) is 0 Å². The molecule has 3 heteroatoms. The van der Waals surface area contributed by atoms with E-state index >= 15 is 0 Å². The zero-order valence-corrected chi connectivity index (χ0v) is 12.3. The molecule has 0 radical (unpaired) electrons. The Kier molecular flexibility index (Phi) is 6.69. The number of rotatable bonds is 7. The summed E-state index contributed by atoms with van der Waals surface area (Å²) in [6, 6.07) is 7.70. The Hall–Kier alpha value is -0.570. The first-order chi connectivity index (χ1) is 8.50. The third-order valence-corrected chi connectivity index (χ3v) is 3.15. The molecule has 0 aliphatic rings. The van der Waals surface area contributed by atoms with Crippen molar-refractivity contribution in [3.05, 3.63) is 34.9 Å². The summed E-state index contributed by atoms with van der Waals surface area (Å²) in [6.45, 7) is 7.18. The molecule has 102 valence electrons. The molecule has 0 fully saturated rings. The van der Waals surface area contributed by atoms with Crippen LogP contribution < -0.4 is 5.73 Å². The van der Waals surface area contributed by atoms with Crippen molar-refractivity contribution in [1.82, 2.24) is 0 Å². The van der Waals surface area contributed by atoms with Gasteiger partial charge in [-0.3, -0.25) is 0 Å². The van der Waals surface area contributed by atoms with Gasteiger partial charge < -0.3 is 10.5 Å². The fraction of sp³-hybridized carbons (Fsp3) is 0.600. The first kappa shape index (κ1) is 15.5. The Morgan fingerprint density at radius 3 is 2.28 bits per heavy atom. The van der Waals surface area contributed by atoms with E-state index in [0.717, 1.165) is 29.5 Å². The van der Waals surface area contributed by atoms with Crippen LogP contribution in [0.1, 0.15) is 45.3 Å². The molecule has 0 amide bonds.